The van der Waals surface area contributed by atoms with E-state index in [1.807, 2.05) is 13.8 Å². The maximum Gasteiger partial charge on any atom is 0.394 e. The molecule has 0 unspecified atom stereocenters. The molecule has 0 radical (unpaired) electrons. The van der Waals surface area contributed by atoms with Crippen molar-refractivity contribution in [2.45, 2.75) is 45.7 Å². The molecule has 0 spiro atoms. The van der Waals surface area contributed by atoms with Crippen molar-refractivity contribution in [2.75, 3.05) is 19.6 Å². The number of carbonyl (C=O) groups excluding carboxylic acids is 1. The van der Waals surface area contributed by atoms with Gasteiger partial charge in [-0.2, -0.15) is 13.2 Å². The van der Waals surface area contributed by atoms with Gasteiger partial charge < -0.3 is 15.3 Å². The van der Waals surface area contributed by atoms with E-state index in [1.54, 1.807) is 0 Å². The zero-order valence-electron chi connectivity index (χ0n) is 14.5. The highest BCUT2D eigenvalue weighted by Crippen LogP contribution is 2.38. The van der Waals surface area contributed by atoms with Crippen molar-refractivity contribution in [3.8, 4) is 0 Å². The Balaban J connectivity index is 1.97. The van der Waals surface area contributed by atoms with Gasteiger partial charge >= 0.3 is 18.2 Å². The number of amides is 2. The lowest BCUT2D eigenvalue weighted by molar-refractivity contribution is -0.187. The molecule has 0 aromatic heterocycles. The van der Waals surface area contributed by atoms with Gasteiger partial charge in [-0.05, 0) is 25.7 Å². The number of carboxylic acid groups (broad SMARTS) is 1. The van der Waals surface area contributed by atoms with Crippen LogP contribution in [-0.2, 0) is 4.79 Å². The van der Waals surface area contributed by atoms with E-state index >= 15 is 0 Å². The van der Waals surface area contributed by atoms with Crippen LogP contribution in [0.1, 0.15) is 39.5 Å². The Bertz CT molecular complexity index is 558. The van der Waals surface area contributed by atoms with Gasteiger partial charge in [0, 0.05) is 25.0 Å². The van der Waals surface area contributed by atoms with Crippen molar-refractivity contribution in [3.05, 3.63) is 11.6 Å². The minimum absolute atomic E-state index is 0.272. The van der Waals surface area contributed by atoms with E-state index < -0.39 is 43.1 Å². The molecule has 2 rings (SSSR count). The maximum absolute atomic E-state index is 13.0. The lowest BCUT2D eigenvalue weighted by Gasteiger charge is -2.31. The Kier molecular flexibility index (Phi) is 5.68. The number of aliphatic carboxylic acids is 1. The highest BCUT2D eigenvalue weighted by molar-refractivity contribution is 5.77. The second kappa shape index (κ2) is 7.25. The highest BCUT2D eigenvalue weighted by atomic mass is 19.4. The number of likely N-dealkylation sites (tertiary alicyclic amines) is 1. The molecule has 2 N–H and O–H groups in total. The molecule has 1 saturated heterocycles. The Hall–Kier alpha value is -1.73. The average Bonchev–Trinajstić information content (AvgIpc) is 2.99. The molecule has 0 aromatic rings. The van der Waals surface area contributed by atoms with Crippen molar-refractivity contribution < 1.29 is 27.9 Å². The van der Waals surface area contributed by atoms with Crippen LogP contribution in [0.15, 0.2) is 11.6 Å². The minimum atomic E-state index is -4.63. The standard InChI is InChI=1S/C17H25F3N2O3/c1-16(2,11-6-4-3-5-7-11)10-21-15(25)22-8-12(14(23)24)13(9-22)17(18,19)20/h6,12-13H,3-5,7-10H2,1-2H3,(H,21,25)(H,23,24)/t12-,13-/m1/s1. The number of halogens is 3. The van der Waals surface area contributed by atoms with Crippen LogP contribution < -0.4 is 5.32 Å². The molecule has 5 nitrogen and oxygen atoms in total. The van der Waals surface area contributed by atoms with Crippen LogP contribution in [0.4, 0.5) is 18.0 Å². The Morgan fingerprint density at radius 3 is 2.44 bits per heavy atom. The smallest absolute Gasteiger partial charge is 0.394 e. The summed E-state index contributed by atoms with van der Waals surface area (Å²) >= 11 is 0. The molecule has 142 valence electrons. The summed E-state index contributed by atoms with van der Waals surface area (Å²) in [6.45, 7) is 3.26. The Morgan fingerprint density at radius 2 is 1.96 bits per heavy atom. The van der Waals surface area contributed by atoms with Gasteiger partial charge in [-0.3, -0.25) is 4.79 Å². The Labute approximate surface area is 145 Å². The molecular weight excluding hydrogens is 337 g/mol. The molecule has 1 aliphatic heterocycles. The van der Waals surface area contributed by atoms with Crippen molar-refractivity contribution >= 4 is 12.0 Å². The molecule has 1 fully saturated rings. The maximum atomic E-state index is 13.0. The van der Waals surface area contributed by atoms with Gasteiger partial charge in [0.25, 0.3) is 0 Å². The van der Waals surface area contributed by atoms with Crippen molar-refractivity contribution in [1.29, 1.82) is 0 Å². The molecular formula is C17H25F3N2O3. The van der Waals surface area contributed by atoms with E-state index in [9.17, 15) is 22.8 Å². The third-order valence-electron chi connectivity index (χ3n) is 5.19. The first-order chi connectivity index (χ1) is 11.5. The first-order valence-electron chi connectivity index (χ1n) is 8.54. The fourth-order valence-electron chi connectivity index (χ4n) is 3.53. The van der Waals surface area contributed by atoms with Crippen LogP contribution in [0.3, 0.4) is 0 Å². The summed E-state index contributed by atoms with van der Waals surface area (Å²) in [5, 5.41) is 11.7. The van der Waals surface area contributed by atoms with Gasteiger partial charge in [-0.15, -0.1) is 0 Å². The summed E-state index contributed by atoms with van der Waals surface area (Å²) in [4.78, 5) is 24.3. The second-order valence-corrected chi connectivity index (χ2v) is 7.52. The summed E-state index contributed by atoms with van der Waals surface area (Å²) in [6.07, 6.45) is 1.75. The number of hydrogen-bond acceptors (Lipinski definition) is 2. The predicted octanol–water partition coefficient (Wildman–Crippen LogP) is 3.42. The number of nitrogens with zero attached hydrogens (tertiary/aromatic N) is 1. The summed E-state index contributed by atoms with van der Waals surface area (Å²) < 4.78 is 39.0. The van der Waals surface area contributed by atoms with Crippen LogP contribution >= 0.6 is 0 Å². The fourth-order valence-corrected chi connectivity index (χ4v) is 3.53. The molecule has 8 heteroatoms. The summed E-state index contributed by atoms with van der Waals surface area (Å²) in [5.41, 5.74) is 0.975. The number of urea groups is 1. The van der Waals surface area contributed by atoms with Crippen molar-refractivity contribution in [2.24, 2.45) is 17.3 Å². The molecule has 0 aromatic carbocycles. The molecule has 1 heterocycles. The van der Waals surface area contributed by atoms with Gasteiger partial charge in [0.15, 0.2) is 0 Å². The summed E-state index contributed by atoms with van der Waals surface area (Å²) in [7, 11) is 0. The van der Waals surface area contributed by atoms with Crippen LogP contribution in [-0.4, -0.2) is 47.8 Å². The molecule has 2 atom stereocenters. The number of carboxylic acids is 1. The number of allylic oxidation sites excluding steroid dienone is 1. The van der Waals surface area contributed by atoms with Gasteiger partial charge in [0.05, 0.1) is 11.8 Å². The van der Waals surface area contributed by atoms with E-state index in [0.717, 1.165) is 30.6 Å². The number of carbonyl (C=O) groups is 2. The highest BCUT2D eigenvalue weighted by Gasteiger charge is 2.53. The van der Waals surface area contributed by atoms with Crippen molar-refractivity contribution in [3.63, 3.8) is 0 Å². The summed E-state index contributed by atoms with van der Waals surface area (Å²) in [6, 6.07) is -0.637. The van der Waals surface area contributed by atoms with Crippen molar-refractivity contribution in [1.82, 2.24) is 10.2 Å². The number of alkyl halides is 3. The van der Waals surface area contributed by atoms with E-state index in [4.69, 9.17) is 5.11 Å². The van der Waals surface area contributed by atoms with Crippen LogP contribution in [0.5, 0.6) is 0 Å². The summed E-state index contributed by atoms with van der Waals surface area (Å²) in [5.74, 6) is -5.16. The molecule has 0 bridgehead atoms. The normalized spacial score (nSPS) is 24.8. The van der Waals surface area contributed by atoms with Gasteiger partial charge in [-0.25, -0.2) is 4.79 Å². The lowest BCUT2D eigenvalue weighted by Crippen LogP contribution is -2.43. The predicted molar refractivity (Wildman–Crippen MR) is 86.0 cm³/mol. The first-order valence-corrected chi connectivity index (χ1v) is 8.54. The second-order valence-electron chi connectivity index (χ2n) is 7.52. The quantitative estimate of drug-likeness (QED) is 0.753. The van der Waals surface area contributed by atoms with E-state index in [0.29, 0.717) is 6.54 Å². The topological polar surface area (TPSA) is 69.6 Å². The lowest BCUT2D eigenvalue weighted by atomic mass is 9.78. The largest absolute Gasteiger partial charge is 0.481 e. The van der Waals surface area contributed by atoms with Gasteiger partial charge in [0.1, 0.15) is 0 Å². The molecule has 2 amide bonds. The van der Waals surface area contributed by atoms with E-state index in [-0.39, 0.29) is 5.41 Å². The number of nitrogens with one attached hydrogen (secondary N) is 1. The third kappa shape index (κ3) is 4.67. The first kappa shape index (κ1) is 19.6. The molecule has 1 aliphatic carbocycles. The van der Waals surface area contributed by atoms with E-state index in [2.05, 4.69) is 11.4 Å². The van der Waals surface area contributed by atoms with Crippen LogP contribution in [0.25, 0.3) is 0 Å². The third-order valence-corrected chi connectivity index (χ3v) is 5.19. The average molecular weight is 362 g/mol. The fraction of sp³-hybridized carbons (Fsp3) is 0.765. The van der Waals surface area contributed by atoms with Crippen LogP contribution in [0, 0.1) is 17.3 Å². The van der Waals surface area contributed by atoms with E-state index in [1.165, 1.54) is 5.57 Å². The molecule has 0 saturated carbocycles. The van der Waals surface area contributed by atoms with Gasteiger partial charge in [0.2, 0.25) is 0 Å². The number of rotatable bonds is 4. The Morgan fingerprint density at radius 1 is 1.28 bits per heavy atom. The van der Waals surface area contributed by atoms with Gasteiger partial charge in [-0.1, -0.05) is 25.5 Å². The zero-order chi connectivity index (χ0) is 18.8. The monoisotopic (exact) mass is 362 g/mol. The van der Waals surface area contributed by atoms with Crippen LogP contribution in [0.2, 0.25) is 0 Å². The minimum Gasteiger partial charge on any atom is -0.481 e. The molecule has 25 heavy (non-hydrogen) atoms. The SMILES string of the molecule is CC(C)(CNC(=O)N1C[C@@H](C(F)(F)F)[C@H](C(=O)O)C1)C1=CCCCC1. The zero-order valence-corrected chi connectivity index (χ0v) is 14.5. The number of hydrogen-bond donors (Lipinski definition) is 2. The molecule has 2 aliphatic rings.